The molecule has 20 heavy (non-hydrogen) atoms. The van der Waals surface area contributed by atoms with Crippen LogP contribution < -0.4 is 10.5 Å². The van der Waals surface area contributed by atoms with E-state index in [0.29, 0.717) is 28.9 Å². The lowest BCUT2D eigenvalue weighted by atomic mass is 10.1. The standard InChI is InChI=1S/C14H16FN3O2/c1-8(16)11-5-4-10(6-12(11)15)19-7-13-17-14(20-18-13)9-2-3-9/h4-6,8-9H,2-3,7,16H2,1H3/t8-/m1/s1. The van der Waals surface area contributed by atoms with Gasteiger partial charge in [0.05, 0.1) is 0 Å². The van der Waals surface area contributed by atoms with Gasteiger partial charge >= 0.3 is 0 Å². The Bertz CT molecular complexity index is 608. The van der Waals surface area contributed by atoms with E-state index in [1.807, 2.05) is 0 Å². The van der Waals surface area contributed by atoms with E-state index in [9.17, 15) is 4.39 Å². The summed E-state index contributed by atoms with van der Waals surface area (Å²) >= 11 is 0. The first kappa shape index (κ1) is 13.1. The maximum Gasteiger partial charge on any atom is 0.229 e. The minimum atomic E-state index is -0.371. The predicted octanol–water partition coefficient (Wildman–Crippen LogP) is 2.68. The number of rotatable bonds is 5. The average molecular weight is 277 g/mol. The van der Waals surface area contributed by atoms with E-state index in [1.54, 1.807) is 19.1 Å². The molecular formula is C14H16FN3O2. The van der Waals surface area contributed by atoms with E-state index in [4.69, 9.17) is 15.0 Å². The van der Waals surface area contributed by atoms with Crippen molar-refractivity contribution in [2.75, 3.05) is 0 Å². The van der Waals surface area contributed by atoms with Gasteiger partial charge in [0.2, 0.25) is 11.7 Å². The highest BCUT2D eigenvalue weighted by molar-refractivity contribution is 5.30. The monoisotopic (exact) mass is 277 g/mol. The predicted molar refractivity (Wildman–Crippen MR) is 69.6 cm³/mol. The van der Waals surface area contributed by atoms with Crippen LogP contribution in [0.2, 0.25) is 0 Å². The van der Waals surface area contributed by atoms with Crippen LogP contribution in [0.15, 0.2) is 22.7 Å². The molecular weight excluding hydrogens is 261 g/mol. The molecule has 6 heteroatoms. The highest BCUT2D eigenvalue weighted by atomic mass is 19.1. The van der Waals surface area contributed by atoms with Crippen molar-refractivity contribution in [1.82, 2.24) is 10.1 Å². The highest BCUT2D eigenvalue weighted by Crippen LogP contribution is 2.38. The topological polar surface area (TPSA) is 74.2 Å². The van der Waals surface area contributed by atoms with Gasteiger partial charge in [0.1, 0.15) is 11.6 Å². The average Bonchev–Trinajstić information content (AvgIpc) is 3.15. The van der Waals surface area contributed by atoms with E-state index in [0.717, 1.165) is 12.8 Å². The summed E-state index contributed by atoms with van der Waals surface area (Å²) in [6, 6.07) is 4.29. The van der Waals surface area contributed by atoms with E-state index in [1.165, 1.54) is 6.07 Å². The molecule has 2 aromatic rings. The van der Waals surface area contributed by atoms with Gasteiger partial charge in [-0.1, -0.05) is 11.2 Å². The fourth-order valence-corrected chi connectivity index (χ4v) is 1.94. The van der Waals surface area contributed by atoms with Crippen LogP contribution in [0.25, 0.3) is 0 Å². The van der Waals surface area contributed by atoms with Crippen molar-refractivity contribution in [1.29, 1.82) is 0 Å². The molecule has 1 aromatic carbocycles. The molecule has 2 N–H and O–H groups in total. The molecule has 1 aliphatic rings. The van der Waals surface area contributed by atoms with E-state index in [-0.39, 0.29) is 18.5 Å². The van der Waals surface area contributed by atoms with E-state index >= 15 is 0 Å². The van der Waals surface area contributed by atoms with Gasteiger partial charge in [-0.05, 0) is 25.8 Å². The zero-order valence-electron chi connectivity index (χ0n) is 11.2. The Kier molecular flexibility index (Phi) is 3.40. The molecule has 1 saturated carbocycles. The fourth-order valence-electron chi connectivity index (χ4n) is 1.94. The van der Waals surface area contributed by atoms with Crippen molar-refractivity contribution >= 4 is 0 Å². The van der Waals surface area contributed by atoms with Gasteiger partial charge in [0, 0.05) is 23.6 Å². The van der Waals surface area contributed by atoms with Crippen LogP contribution in [0.4, 0.5) is 4.39 Å². The second-order valence-corrected chi connectivity index (χ2v) is 5.08. The Morgan fingerprint density at radius 3 is 2.95 bits per heavy atom. The zero-order valence-corrected chi connectivity index (χ0v) is 11.2. The lowest BCUT2D eigenvalue weighted by molar-refractivity contribution is 0.283. The Hall–Kier alpha value is -1.95. The second-order valence-electron chi connectivity index (χ2n) is 5.08. The number of aromatic nitrogens is 2. The summed E-state index contributed by atoms with van der Waals surface area (Å²) in [5.74, 6) is 1.61. The molecule has 0 bridgehead atoms. The molecule has 1 aromatic heterocycles. The van der Waals surface area contributed by atoms with Gasteiger partial charge in [-0.25, -0.2) is 4.39 Å². The summed E-state index contributed by atoms with van der Waals surface area (Å²) in [4.78, 5) is 4.24. The van der Waals surface area contributed by atoms with Crippen LogP contribution in [0, 0.1) is 5.82 Å². The summed E-state index contributed by atoms with van der Waals surface area (Å²) in [5.41, 5.74) is 6.12. The molecule has 1 fully saturated rings. The third-order valence-corrected chi connectivity index (χ3v) is 3.24. The highest BCUT2D eigenvalue weighted by Gasteiger charge is 2.29. The fraction of sp³-hybridized carbons (Fsp3) is 0.429. The normalized spacial score (nSPS) is 16.1. The molecule has 106 valence electrons. The van der Waals surface area contributed by atoms with Crippen LogP contribution in [0.5, 0.6) is 5.75 Å². The molecule has 0 radical (unpaired) electrons. The molecule has 0 unspecified atom stereocenters. The molecule has 0 saturated heterocycles. The van der Waals surface area contributed by atoms with E-state index in [2.05, 4.69) is 10.1 Å². The number of nitrogens with two attached hydrogens (primary N) is 1. The summed E-state index contributed by atoms with van der Waals surface area (Å²) in [7, 11) is 0. The summed E-state index contributed by atoms with van der Waals surface area (Å²) < 4.78 is 24.3. The Labute approximate surface area is 115 Å². The summed E-state index contributed by atoms with van der Waals surface area (Å²) in [5, 5.41) is 3.84. The lowest BCUT2D eigenvalue weighted by Crippen LogP contribution is -2.07. The van der Waals surface area contributed by atoms with Crippen molar-refractivity contribution in [3.05, 3.63) is 41.3 Å². The molecule has 0 amide bonds. The largest absolute Gasteiger partial charge is 0.485 e. The molecule has 1 atom stereocenters. The van der Waals surface area contributed by atoms with Crippen molar-refractivity contribution in [3.8, 4) is 5.75 Å². The van der Waals surface area contributed by atoms with Gasteiger partial charge in [0.25, 0.3) is 0 Å². The third-order valence-electron chi connectivity index (χ3n) is 3.24. The number of ether oxygens (including phenoxy) is 1. The third kappa shape index (κ3) is 2.80. The Morgan fingerprint density at radius 1 is 1.50 bits per heavy atom. The van der Waals surface area contributed by atoms with Crippen LogP contribution >= 0.6 is 0 Å². The van der Waals surface area contributed by atoms with Crippen LogP contribution in [-0.4, -0.2) is 10.1 Å². The first-order valence-corrected chi connectivity index (χ1v) is 6.64. The molecule has 1 heterocycles. The van der Waals surface area contributed by atoms with Gasteiger partial charge in [-0.2, -0.15) is 4.98 Å². The Morgan fingerprint density at radius 2 is 2.30 bits per heavy atom. The molecule has 0 aliphatic heterocycles. The van der Waals surface area contributed by atoms with Crippen LogP contribution in [0.1, 0.15) is 49.0 Å². The SMILES string of the molecule is C[C@@H](N)c1ccc(OCc2noc(C3CC3)n2)cc1F. The number of hydrogen-bond donors (Lipinski definition) is 1. The summed E-state index contributed by atoms with van der Waals surface area (Å²) in [6.07, 6.45) is 2.21. The number of hydrogen-bond acceptors (Lipinski definition) is 5. The van der Waals surface area contributed by atoms with Gasteiger partial charge in [-0.3, -0.25) is 0 Å². The minimum absolute atomic E-state index is 0.160. The molecule has 1 aliphatic carbocycles. The molecule has 5 nitrogen and oxygen atoms in total. The number of benzene rings is 1. The van der Waals surface area contributed by atoms with Gasteiger partial charge < -0.3 is 15.0 Å². The number of halogens is 1. The molecule has 3 rings (SSSR count). The first-order chi connectivity index (χ1) is 9.63. The first-order valence-electron chi connectivity index (χ1n) is 6.64. The van der Waals surface area contributed by atoms with Crippen molar-refractivity contribution in [3.63, 3.8) is 0 Å². The van der Waals surface area contributed by atoms with Crippen molar-refractivity contribution in [2.24, 2.45) is 5.73 Å². The van der Waals surface area contributed by atoms with Crippen LogP contribution in [0.3, 0.4) is 0 Å². The quantitative estimate of drug-likeness (QED) is 0.909. The van der Waals surface area contributed by atoms with Gasteiger partial charge in [-0.15, -0.1) is 0 Å². The van der Waals surface area contributed by atoms with Crippen LogP contribution in [-0.2, 0) is 6.61 Å². The minimum Gasteiger partial charge on any atom is -0.485 e. The van der Waals surface area contributed by atoms with Gasteiger partial charge in [0.15, 0.2) is 6.61 Å². The van der Waals surface area contributed by atoms with E-state index < -0.39 is 0 Å². The Balaban J connectivity index is 1.63. The smallest absolute Gasteiger partial charge is 0.229 e. The van der Waals surface area contributed by atoms with Crippen molar-refractivity contribution < 1.29 is 13.7 Å². The second kappa shape index (κ2) is 5.20. The summed E-state index contributed by atoms with van der Waals surface area (Å²) in [6.45, 7) is 1.89. The lowest BCUT2D eigenvalue weighted by Gasteiger charge is -2.09. The maximum atomic E-state index is 13.7. The maximum absolute atomic E-state index is 13.7. The van der Waals surface area contributed by atoms with Crippen molar-refractivity contribution in [2.45, 2.75) is 38.3 Å². The molecule has 0 spiro atoms. The number of nitrogens with zero attached hydrogens (tertiary/aromatic N) is 2. The zero-order chi connectivity index (χ0) is 14.1.